The molecule has 11 amide bonds. The van der Waals surface area contributed by atoms with E-state index in [1.165, 1.54) is 71.7 Å². The predicted octanol–water partition coefficient (Wildman–Crippen LogP) is 5.37. The summed E-state index contributed by atoms with van der Waals surface area (Å²) in [4.78, 5) is 169. The number of amides is 11. The SMILES string of the molecule is CC(C)C[C@H]1C(=O)N[C@@H](CC2CCC2)C(=O)N(C)CC(=O)N(C)CC(=O)N(C)[C@@H](CC2CCCCC2)C(=O)N(C)CC(=O)N[C@@H](CCC2CCC(C(F)(F)F)C(Cl)C2)C(=O)N2CCC[C@H]2C(=O)NC2(CCCC2)C(=O)N(C)[C@@H](C(C)C)C(=O)N[C@H](C)CC(=O)N1C. The van der Waals surface area contributed by atoms with Crippen molar-refractivity contribution in [2.75, 3.05) is 68.5 Å². The number of alkyl halides is 4. The molecule has 6 fully saturated rings. The highest BCUT2D eigenvalue weighted by atomic mass is 35.5. The van der Waals surface area contributed by atoms with Crippen LogP contribution >= 0.6 is 11.6 Å². The van der Waals surface area contributed by atoms with Crippen LogP contribution in [-0.4, -0.2) is 227 Å². The van der Waals surface area contributed by atoms with Crippen LogP contribution in [0.2, 0.25) is 0 Å². The van der Waals surface area contributed by atoms with Gasteiger partial charge in [0.15, 0.2) is 0 Å². The fourth-order valence-electron chi connectivity index (χ4n) is 14.7. The van der Waals surface area contributed by atoms with Gasteiger partial charge in [0, 0.05) is 66.7 Å². The first kappa shape index (κ1) is 74.3. The Morgan fingerprint density at radius 2 is 1.16 bits per heavy atom. The van der Waals surface area contributed by atoms with Crippen LogP contribution in [0.1, 0.15) is 182 Å². The van der Waals surface area contributed by atoms with Gasteiger partial charge in [0.1, 0.15) is 41.8 Å². The number of hydrogen-bond donors (Lipinski definition) is 4. The van der Waals surface area contributed by atoms with E-state index in [0.717, 1.165) is 56.3 Å². The van der Waals surface area contributed by atoms with E-state index < -0.39 is 156 Å². The van der Waals surface area contributed by atoms with Gasteiger partial charge in [0.05, 0.1) is 25.6 Å². The number of fused-ring (bicyclic) bond motifs is 1. The van der Waals surface area contributed by atoms with Gasteiger partial charge in [-0.25, -0.2) is 0 Å². The van der Waals surface area contributed by atoms with Crippen molar-refractivity contribution in [1.82, 2.24) is 55.6 Å². The van der Waals surface area contributed by atoms with Crippen LogP contribution in [0.15, 0.2) is 0 Å². The molecule has 2 saturated heterocycles. The third-order valence-corrected chi connectivity index (χ3v) is 20.9. The average Bonchev–Trinajstić information content (AvgIpc) is 1.77. The molecule has 22 nitrogen and oxygen atoms in total. The quantitative estimate of drug-likeness (QED) is 0.202. The van der Waals surface area contributed by atoms with Crippen molar-refractivity contribution in [1.29, 1.82) is 0 Å². The zero-order valence-corrected chi connectivity index (χ0v) is 56.6. The molecule has 6 rings (SSSR count). The molecule has 0 aromatic rings. The minimum atomic E-state index is -4.49. The second kappa shape index (κ2) is 32.9. The first-order chi connectivity index (χ1) is 42.7. The van der Waals surface area contributed by atoms with Gasteiger partial charge in [-0.3, -0.25) is 52.7 Å². The molecular weight excluding hydrogens is 1200 g/mol. The number of carbonyl (C=O) groups excluding carboxylic acids is 11. The summed E-state index contributed by atoms with van der Waals surface area (Å²) < 4.78 is 41.7. The largest absolute Gasteiger partial charge is 0.393 e. The lowest BCUT2D eigenvalue weighted by Crippen LogP contribution is -2.64. The van der Waals surface area contributed by atoms with Gasteiger partial charge in [0.2, 0.25) is 65.0 Å². The Morgan fingerprint density at radius 3 is 1.76 bits per heavy atom. The molecule has 4 saturated carbocycles. The fourth-order valence-corrected chi connectivity index (χ4v) is 15.2. The lowest BCUT2D eigenvalue weighted by atomic mass is 9.78. The van der Waals surface area contributed by atoms with Crippen LogP contribution in [0.4, 0.5) is 13.2 Å². The van der Waals surface area contributed by atoms with Gasteiger partial charge < -0.3 is 55.6 Å². The summed E-state index contributed by atoms with van der Waals surface area (Å²) in [5.41, 5.74) is -1.47. The highest BCUT2D eigenvalue weighted by Crippen LogP contribution is 2.44. The van der Waals surface area contributed by atoms with Crippen LogP contribution in [0.25, 0.3) is 0 Å². The minimum absolute atomic E-state index is 0.0165. The Morgan fingerprint density at radius 1 is 0.560 bits per heavy atom. The number of carbonyl (C=O) groups is 11. The van der Waals surface area contributed by atoms with Crippen molar-refractivity contribution < 1.29 is 65.9 Å². The zero-order chi connectivity index (χ0) is 67.4. The average molecular weight is 1310 g/mol. The molecule has 0 bridgehead atoms. The third kappa shape index (κ3) is 19.7. The number of likely N-dealkylation sites (N-methyl/N-ethyl adjacent to an activating group) is 6. The monoisotopic (exact) mass is 1310 g/mol. The number of nitrogens with zero attached hydrogens (tertiary/aromatic N) is 7. The molecular formula is C65H105ClF3N11O11. The van der Waals surface area contributed by atoms with E-state index in [9.17, 15) is 56.3 Å². The van der Waals surface area contributed by atoms with Crippen molar-refractivity contribution in [3.05, 3.63) is 0 Å². The molecule has 0 radical (unpaired) electrons. The van der Waals surface area contributed by atoms with Crippen molar-refractivity contribution in [3.63, 3.8) is 0 Å². The molecule has 4 N–H and O–H groups in total. The highest BCUT2D eigenvalue weighted by Gasteiger charge is 2.51. The van der Waals surface area contributed by atoms with Gasteiger partial charge in [-0.1, -0.05) is 91.9 Å². The maximum atomic E-state index is 15.0. The summed E-state index contributed by atoms with van der Waals surface area (Å²) in [7, 11) is 8.69. The molecule has 4 aliphatic carbocycles. The summed E-state index contributed by atoms with van der Waals surface area (Å²) in [6.45, 7) is 7.56. The lowest BCUT2D eigenvalue weighted by molar-refractivity contribution is -0.182. The first-order valence-corrected chi connectivity index (χ1v) is 33.9. The molecule has 514 valence electrons. The lowest BCUT2D eigenvalue weighted by Gasteiger charge is -2.39. The Balaban J connectivity index is 1.33. The first-order valence-electron chi connectivity index (χ1n) is 33.5. The smallest absolute Gasteiger partial charge is 0.351 e. The number of nitrogens with one attached hydrogen (secondary N) is 4. The summed E-state index contributed by atoms with van der Waals surface area (Å²) in [6, 6.07) is -7.46. The van der Waals surface area contributed by atoms with Crippen molar-refractivity contribution in [3.8, 4) is 0 Å². The van der Waals surface area contributed by atoms with E-state index in [-0.39, 0.29) is 107 Å². The van der Waals surface area contributed by atoms with E-state index in [2.05, 4.69) is 21.3 Å². The van der Waals surface area contributed by atoms with Crippen LogP contribution in [0.3, 0.4) is 0 Å². The van der Waals surface area contributed by atoms with Gasteiger partial charge in [-0.15, -0.1) is 11.6 Å². The molecule has 6 aliphatic rings. The Labute approximate surface area is 541 Å². The van der Waals surface area contributed by atoms with Crippen LogP contribution in [0, 0.1) is 35.5 Å². The van der Waals surface area contributed by atoms with Crippen LogP contribution < -0.4 is 21.3 Å². The number of hydrogen-bond acceptors (Lipinski definition) is 11. The van der Waals surface area contributed by atoms with E-state index in [0.29, 0.717) is 19.3 Å². The van der Waals surface area contributed by atoms with Crippen molar-refractivity contribution in [2.45, 2.75) is 242 Å². The Bertz CT molecular complexity index is 2600. The molecule has 0 aromatic heterocycles. The summed E-state index contributed by atoms with van der Waals surface area (Å²) >= 11 is 6.36. The number of halogens is 4. The normalized spacial score (nSPS) is 30.3. The molecule has 26 heteroatoms. The summed E-state index contributed by atoms with van der Waals surface area (Å²) in [6.07, 6.45) is 5.43. The molecule has 2 heterocycles. The van der Waals surface area contributed by atoms with Gasteiger partial charge >= 0.3 is 6.18 Å². The van der Waals surface area contributed by atoms with E-state index >= 15 is 9.59 Å². The van der Waals surface area contributed by atoms with Gasteiger partial charge in [-0.2, -0.15) is 13.2 Å². The Hall–Kier alpha value is -5.75. The second-order valence-electron chi connectivity index (χ2n) is 28.4. The third-order valence-electron chi connectivity index (χ3n) is 20.4. The molecule has 91 heavy (non-hydrogen) atoms. The maximum Gasteiger partial charge on any atom is 0.393 e. The second-order valence-corrected chi connectivity index (χ2v) is 28.9. The zero-order valence-electron chi connectivity index (χ0n) is 55.8. The molecule has 3 unspecified atom stereocenters. The van der Waals surface area contributed by atoms with Crippen molar-refractivity contribution in [2.24, 2.45) is 35.5 Å². The summed E-state index contributed by atoms with van der Waals surface area (Å²) in [5, 5.41) is 10.5. The van der Waals surface area contributed by atoms with Gasteiger partial charge in [-0.05, 0) is 114 Å². The van der Waals surface area contributed by atoms with E-state index in [4.69, 9.17) is 11.6 Å². The molecule has 0 aromatic carbocycles. The van der Waals surface area contributed by atoms with Gasteiger partial charge in [0.25, 0.3) is 0 Å². The van der Waals surface area contributed by atoms with Crippen molar-refractivity contribution >= 4 is 76.6 Å². The molecule has 2 aliphatic heterocycles. The predicted molar refractivity (Wildman–Crippen MR) is 336 cm³/mol. The highest BCUT2D eigenvalue weighted by molar-refractivity contribution is 6.20. The summed E-state index contributed by atoms with van der Waals surface area (Å²) in [5.74, 6) is -8.85. The topological polar surface area (TPSA) is 259 Å². The van der Waals surface area contributed by atoms with E-state index in [1.807, 2.05) is 13.8 Å². The maximum absolute atomic E-state index is 15.0. The number of rotatable bonds is 10. The standard InChI is InChI=1S/C65H105ClF3N11O11/c1-39(2)31-50-57(85)72-48(34-42-21-17-22-42)60(88)76(8)37-54(83)74(6)38-55(84)78(10)51(35-43-19-13-12-14-20-43)62(90)75(7)36-52(81)71-47(27-25-44-24-26-45(46(66)33-44)65(67,68)69)61(89)80-30-18-23-49(80)58(86)73-64(28-15-16-29-64)63(91)79(11)56(40(3)4)59(87)70-41(5)32-53(82)77(50)9/h39-51,56H,12-38H2,1-11H3,(H,70,87)(H,71,81)(H,72,85)(H,73,86)/t41-,44?,45?,46?,47+,48+,49+,50+,51+,56+/m1/s1. The molecule has 1 spiro atoms. The fraction of sp³-hybridized carbons (Fsp3) is 0.831. The Kier molecular flexibility index (Phi) is 26.8. The van der Waals surface area contributed by atoms with Crippen LogP contribution in [-0.2, 0) is 52.7 Å². The molecule has 10 atom stereocenters. The minimum Gasteiger partial charge on any atom is -0.351 e. The van der Waals surface area contributed by atoms with E-state index in [1.54, 1.807) is 20.8 Å². The van der Waals surface area contributed by atoms with Crippen LogP contribution in [0.5, 0.6) is 0 Å².